The molecule has 1 aromatic heterocycles. The van der Waals surface area contributed by atoms with E-state index in [1.165, 1.54) is 12.1 Å². The van der Waals surface area contributed by atoms with Gasteiger partial charge in [-0.1, -0.05) is 6.07 Å². The van der Waals surface area contributed by atoms with Crippen molar-refractivity contribution in [3.63, 3.8) is 0 Å². The number of rotatable bonds is 3. The third kappa shape index (κ3) is 2.42. The van der Waals surface area contributed by atoms with Crippen molar-refractivity contribution < 1.29 is 4.39 Å². The van der Waals surface area contributed by atoms with E-state index in [9.17, 15) is 4.39 Å². The van der Waals surface area contributed by atoms with Crippen molar-refractivity contribution in [2.24, 2.45) is 5.73 Å². The lowest BCUT2D eigenvalue weighted by molar-refractivity contribution is 0.628. The van der Waals surface area contributed by atoms with Gasteiger partial charge in [0.25, 0.3) is 0 Å². The highest BCUT2D eigenvalue weighted by atomic mass is 19.1. The minimum Gasteiger partial charge on any atom is -0.343 e. The average Bonchev–Trinajstić information content (AvgIpc) is 2.38. The minimum atomic E-state index is -0.257. The van der Waals surface area contributed by atoms with Gasteiger partial charge in [0.1, 0.15) is 5.82 Å². The molecule has 3 nitrogen and oxygen atoms in total. The van der Waals surface area contributed by atoms with E-state index in [1.54, 1.807) is 12.3 Å². The first kappa shape index (κ1) is 11.5. The Balaban J connectivity index is 2.40. The quantitative estimate of drug-likeness (QED) is 0.882. The van der Waals surface area contributed by atoms with E-state index in [0.29, 0.717) is 6.54 Å². The molecule has 0 aliphatic heterocycles. The molecule has 2 rings (SSSR count). The molecule has 0 unspecified atom stereocenters. The van der Waals surface area contributed by atoms with Gasteiger partial charge >= 0.3 is 0 Å². The van der Waals surface area contributed by atoms with Gasteiger partial charge in [-0.25, -0.2) is 4.39 Å². The summed E-state index contributed by atoms with van der Waals surface area (Å²) in [5.74, 6) is -0.257. The van der Waals surface area contributed by atoms with Gasteiger partial charge in [0.05, 0.1) is 11.4 Å². The predicted octanol–water partition coefficient (Wildman–Crippen LogP) is 2.45. The molecule has 0 spiro atoms. The zero-order chi connectivity index (χ0) is 12.3. The molecular weight excluding hydrogens is 217 g/mol. The van der Waals surface area contributed by atoms with Crippen molar-refractivity contribution >= 4 is 11.4 Å². The van der Waals surface area contributed by atoms with E-state index < -0.39 is 0 Å². The summed E-state index contributed by atoms with van der Waals surface area (Å²) in [6, 6.07) is 10.2. The first-order valence-corrected chi connectivity index (χ1v) is 5.35. The summed E-state index contributed by atoms with van der Waals surface area (Å²) >= 11 is 0. The number of hydrogen-bond acceptors (Lipinski definition) is 3. The molecule has 0 saturated carbocycles. The molecule has 0 radical (unpaired) electrons. The number of aromatic nitrogens is 1. The molecular formula is C13H14FN3. The summed E-state index contributed by atoms with van der Waals surface area (Å²) < 4.78 is 13.2. The van der Waals surface area contributed by atoms with Crippen LogP contribution >= 0.6 is 0 Å². The van der Waals surface area contributed by atoms with E-state index in [1.807, 2.05) is 30.1 Å². The number of nitrogens with two attached hydrogens (primary N) is 1. The lowest BCUT2D eigenvalue weighted by atomic mass is 10.2. The van der Waals surface area contributed by atoms with Crippen molar-refractivity contribution in [2.75, 3.05) is 11.9 Å². The number of pyridine rings is 1. The summed E-state index contributed by atoms with van der Waals surface area (Å²) in [5, 5.41) is 0. The van der Waals surface area contributed by atoms with Gasteiger partial charge in [0.15, 0.2) is 0 Å². The number of nitrogens with zero attached hydrogens (tertiary/aromatic N) is 2. The summed E-state index contributed by atoms with van der Waals surface area (Å²) in [4.78, 5) is 6.08. The van der Waals surface area contributed by atoms with Gasteiger partial charge in [-0.3, -0.25) is 4.98 Å². The van der Waals surface area contributed by atoms with Gasteiger partial charge in [-0.15, -0.1) is 0 Å². The van der Waals surface area contributed by atoms with Crippen LogP contribution in [0.2, 0.25) is 0 Å². The van der Waals surface area contributed by atoms with Crippen molar-refractivity contribution in [1.82, 2.24) is 4.98 Å². The molecule has 2 N–H and O–H groups in total. The SMILES string of the molecule is CN(c1cccc(F)c1)c1cccnc1CN. The van der Waals surface area contributed by atoms with Crippen LogP contribution in [0.1, 0.15) is 5.69 Å². The van der Waals surface area contributed by atoms with E-state index in [0.717, 1.165) is 17.1 Å². The van der Waals surface area contributed by atoms with Crippen LogP contribution in [0.4, 0.5) is 15.8 Å². The molecule has 0 aliphatic carbocycles. The maximum absolute atomic E-state index is 13.2. The standard InChI is InChI=1S/C13H14FN3/c1-17(11-5-2-4-10(14)8-11)13-6-3-7-16-12(13)9-15/h2-8H,9,15H2,1H3. The van der Waals surface area contributed by atoms with Gasteiger partial charge in [-0.05, 0) is 30.3 Å². The number of halogens is 1. The van der Waals surface area contributed by atoms with E-state index in [2.05, 4.69) is 4.98 Å². The van der Waals surface area contributed by atoms with Crippen molar-refractivity contribution in [3.05, 3.63) is 54.1 Å². The van der Waals surface area contributed by atoms with Gasteiger partial charge in [0, 0.05) is 25.5 Å². The molecule has 0 bridgehead atoms. The zero-order valence-electron chi connectivity index (χ0n) is 9.60. The largest absolute Gasteiger partial charge is 0.343 e. The van der Waals surface area contributed by atoms with E-state index >= 15 is 0 Å². The zero-order valence-corrected chi connectivity index (χ0v) is 9.60. The summed E-state index contributed by atoms with van der Waals surface area (Å²) in [6.45, 7) is 0.357. The van der Waals surface area contributed by atoms with Crippen LogP contribution in [-0.4, -0.2) is 12.0 Å². The molecule has 0 atom stereocenters. The molecule has 0 saturated heterocycles. The van der Waals surface area contributed by atoms with Crippen LogP contribution < -0.4 is 10.6 Å². The monoisotopic (exact) mass is 231 g/mol. The minimum absolute atomic E-state index is 0.257. The topological polar surface area (TPSA) is 42.2 Å². The highest BCUT2D eigenvalue weighted by Crippen LogP contribution is 2.25. The maximum atomic E-state index is 13.2. The van der Waals surface area contributed by atoms with Crippen LogP contribution in [0.5, 0.6) is 0 Å². The molecule has 0 fully saturated rings. The van der Waals surface area contributed by atoms with E-state index in [-0.39, 0.29) is 5.82 Å². The summed E-state index contributed by atoms with van der Waals surface area (Å²) in [7, 11) is 1.87. The molecule has 1 heterocycles. The third-order valence-corrected chi connectivity index (χ3v) is 2.62. The van der Waals surface area contributed by atoms with Crippen LogP contribution in [0.3, 0.4) is 0 Å². The first-order chi connectivity index (χ1) is 8.22. The fourth-order valence-electron chi connectivity index (χ4n) is 1.72. The van der Waals surface area contributed by atoms with Gasteiger partial charge in [-0.2, -0.15) is 0 Å². The van der Waals surface area contributed by atoms with Crippen LogP contribution in [-0.2, 0) is 6.54 Å². The second-order valence-electron chi connectivity index (χ2n) is 3.71. The normalized spacial score (nSPS) is 10.3. The Bertz CT molecular complexity index is 514. The maximum Gasteiger partial charge on any atom is 0.125 e. The number of benzene rings is 1. The Kier molecular flexibility index (Phi) is 3.35. The number of anilines is 2. The van der Waals surface area contributed by atoms with Gasteiger partial charge < -0.3 is 10.6 Å². The second-order valence-corrected chi connectivity index (χ2v) is 3.71. The van der Waals surface area contributed by atoms with Crippen molar-refractivity contribution in [2.45, 2.75) is 6.54 Å². The fraction of sp³-hybridized carbons (Fsp3) is 0.154. The lowest BCUT2D eigenvalue weighted by Gasteiger charge is -2.21. The highest BCUT2D eigenvalue weighted by molar-refractivity contribution is 5.64. The van der Waals surface area contributed by atoms with Crippen LogP contribution in [0.15, 0.2) is 42.6 Å². The Labute approximate surface area is 99.7 Å². The molecule has 0 amide bonds. The van der Waals surface area contributed by atoms with Crippen LogP contribution in [0, 0.1) is 5.82 Å². The summed E-state index contributed by atoms with van der Waals surface area (Å²) in [5.41, 5.74) is 8.08. The average molecular weight is 231 g/mol. The molecule has 17 heavy (non-hydrogen) atoms. The molecule has 2 aromatic rings. The van der Waals surface area contributed by atoms with Gasteiger partial charge in [0.2, 0.25) is 0 Å². The number of hydrogen-bond donors (Lipinski definition) is 1. The summed E-state index contributed by atoms with van der Waals surface area (Å²) in [6.07, 6.45) is 1.70. The lowest BCUT2D eigenvalue weighted by Crippen LogP contribution is -2.14. The Hall–Kier alpha value is -1.94. The highest BCUT2D eigenvalue weighted by Gasteiger charge is 2.09. The first-order valence-electron chi connectivity index (χ1n) is 5.35. The molecule has 4 heteroatoms. The molecule has 1 aromatic carbocycles. The Morgan fingerprint density at radius 2 is 2.12 bits per heavy atom. The van der Waals surface area contributed by atoms with Crippen molar-refractivity contribution in [1.29, 1.82) is 0 Å². The Morgan fingerprint density at radius 3 is 2.82 bits per heavy atom. The predicted molar refractivity (Wildman–Crippen MR) is 66.6 cm³/mol. The smallest absolute Gasteiger partial charge is 0.125 e. The van der Waals surface area contributed by atoms with Crippen LogP contribution in [0.25, 0.3) is 0 Å². The third-order valence-electron chi connectivity index (χ3n) is 2.62. The molecule has 88 valence electrons. The Morgan fingerprint density at radius 1 is 1.29 bits per heavy atom. The second kappa shape index (κ2) is 4.93. The fourth-order valence-corrected chi connectivity index (χ4v) is 1.72. The van der Waals surface area contributed by atoms with E-state index in [4.69, 9.17) is 5.73 Å². The van der Waals surface area contributed by atoms with Crippen molar-refractivity contribution in [3.8, 4) is 0 Å². The molecule has 0 aliphatic rings.